The van der Waals surface area contributed by atoms with E-state index in [0.29, 0.717) is 0 Å². The van der Waals surface area contributed by atoms with Crippen molar-refractivity contribution in [2.45, 2.75) is 40.7 Å². The van der Waals surface area contributed by atoms with Gasteiger partial charge in [-0.25, -0.2) is 4.79 Å². The molecule has 0 aromatic heterocycles. The fraction of sp³-hybridized carbons (Fsp3) is 0.786. The molecular weight excluding hydrogens is 340 g/mol. The topological polar surface area (TPSA) is 125 Å². The van der Waals surface area contributed by atoms with Crippen LogP contribution < -0.4 is 5.32 Å². The van der Waals surface area contributed by atoms with Crippen LogP contribution in [0.3, 0.4) is 0 Å². The van der Waals surface area contributed by atoms with Crippen LogP contribution in [0.2, 0.25) is 0 Å². The lowest BCUT2D eigenvalue weighted by atomic mass is 9.93. The van der Waals surface area contributed by atoms with Gasteiger partial charge in [-0.15, -0.1) is 10.1 Å². The molecule has 0 radical (unpaired) electrons. The minimum Gasteiger partial charge on any atom is -0.464 e. The lowest BCUT2D eigenvalue weighted by Crippen LogP contribution is -2.50. The molecule has 9 nitrogen and oxygen atoms in total. The van der Waals surface area contributed by atoms with Crippen molar-refractivity contribution >= 4 is 28.8 Å². The molecular formula is C14H24N2O7S. The second kappa shape index (κ2) is 10.1. The van der Waals surface area contributed by atoms with Crippen LogP contribution in [-0.4, -0.2) is 47.1 Å². The van der Waals surface area contributed by atoms with Gasteiger partial charge in [0.05, 0.1) is 12.0 Å². The number of amides is 1. The van der Waals surface area contributed by atoms with E-state index in [2.05, 4.69) is 10.2 Å². The van der Waals surface area contributed by atoms with Crippen molar-refractivity contribution < 1.29 is 29.0 Å². The fourth-order valence-corrected chi connectivity index (χ4v) is 2.26. The highest BCUT2D eigenvalue weighted by molar-refractivity contribution is 8.13. The molecule has 24 heavy (non-hydrogen) atoms. The average Bonchev–Trinajstić information content (AvgIpc) is 2.48. The van der Waals surface area contributed by atoms with E-state index in [4.69, 9.17) is 4.74 Å². The summed E-state index contributed by atoms with van der Waals surface area (Å²) >= 11 is 0.924. The van der Waals surface area contributed by atoms with E-state index in [9.17, 15) is 24.5 Å². The first-order chi connectivity index (χ1) is 11.0. The Labute approximate surface area is 144 Å². The lowest BCUT2D eigenvalue weighted by molar-refractivity contribution is -0.760. The standard InChI is InChI=1S/C14H24N2O7S/c1-6-22-11(17)10(7-24-12(18)9(2)3)15-13(19)14(4,5)8-23-16(20)21/h9-10H,6-8H2,1-5H3,(H,15,19)/t10-/m0/s1. The summed E-state index contributed by atoms with van der Waals surface area (Å²) in [6.45, 7) is 7.64. The van der Waals surface area contributed by atoms with Crippen LogP contribution in [0.25, 0.3) is 0 Å². The Balaban J connectivity index is 4.90. The summed E-state index contributed by atoms with van der Waals surface area (Å²) in [5, 5.41) is 11.6. The number of nitrogens with zero attached hydrogens (tertiary/aromatic N) is 1. The van der Waals surface area contributed by atoms with Gasteiger partial charge in [0.2, 0.25) is 5.91 Å². The molecule has 138 valence electrons. The second-order valence-electron chi connectivity index (χ2n) is 5.94. The molecule has 0 heterocycles. The van der Waals surface area contributed by atoms with Crippen molar-refractivity contribution in [3.05, 3.63) is 10.1 Å². The zero-order chi connectivity index (χ0) is 18.9. The summed E-state index contributed by atoms with van der Waals surface area (Å²) in [7, 11) is 0. The number of hydrogen-bond acceptors (Lipinski definition) is 8. The normalized spacial score (nSPS) is 12.4. The second-order valence-corrected chi connectivity index (χ2v) is 6.97. The minimum absolute atomic E-state index is 0.0216. The molecule has 0 saturated heterocycles. The maximum atomic E-state index is 12.3. The molecule has 0 bridgehead atoms. The van der Waals surface area contributed by atoms with Crippen molar-refractivity contribution in [3.63, 3.8) is 0 Å². The van der Waals surface area contributed by atoms with Gasteiger partial charge in [-0.3, -0.25) is 9.59 Å². The molecule has 0 spiro atoms. The van der Waals surface area contributed by atoms with E-state index >= 15 is 0 Å². The van der Waals surface area contributed by atoms with E-state index in [1.54, 1.807) is 20.8 Å². The van der Waals surface area contributed by atoms with Crippen molar-refractivity contribution in [2.75, 3.05) is 19.0 Å². The van der Waals surface area contributed by atoms with Gasteiger partial charge < -0.3 is 14.9 Å². The highest BCUT2D eigenvalue weighted by Gasteiger charge is 2.33. The zero-order valence-corrected chi connectivity index (χ0v) is 15.3. The first-order valence-corrected chi connectivity index (χ1v) is 8.41. The molecule has 0 aromatic rings. The van der Waals surface area contributed by atoms with Crippen LogP contribution in [0.4, 0.5) is 0 Å². The smallest absolute Gasteiger partial charge is 0.329 e. The van der Waals surface area contributed by atoms with Gasteiger partial charge in [0, 0.05) is 11.7 Å². The quantitative estimate of drug-likeness (QED) is 0.348. The lowest BCUT2D eigenvalue weighted by Gasteiger charge is -2.25. The third-order valence-corrected chi connectivity index (χ3v) is 4.14. The van der Waals surface area contributed by atoms with Crippen molar-refractivity contribution in [2.24, 2.45) is 11.3 Å². The Morgan fingerprint density at radius 2 is 1.88 bits per heavy atom. The van der Waals surface area contributed by atoms with Gasteiger partial charge >= 0.3 is 5.97 Å². The van der Waals surface area contributed by atoms with Gasteiger partial charge in [0.1, 0.15) is 12.6 Å². The summed E-state index contributed by atoms with van der Waals surface area (Å²) in [6.07, 6.45) is 0. The molecule has 1 amide bonds. The molecule has 0 aliphatic heterocycles. The molecule has 0 fully saturated rings. The van der Waals surface area contributed by atoms with E-state index < -0.39 is 35.0 Å². The summed E-state index contributed by atoms with van der Waals surface area (Å²) < 4.78 is 4.89. The monoisotopic (exact) mass is 364 g/mol. The highest BCUT2D eigenvalue weighted by Crippen LogP contribution is 2.18. The fourth-order valence-electron chi connectivity index (χ4n) is 1.38. The number of rotatable bonds is 10. The Hall–Kier alpha value is -1.84. The predicted molar refractivity (Wildman–Crippen MR) is 87.6 cm³/mol. The number of esters is 1. The first kappa shape index (κ1) is 22.2. The molecule has 0 aliphatic carbocycles. The van der Waals surface area contributed by atoms with E-state index in [1.165, 1.54) is 13.8 Å². The molecule has 0 unspecified atom stereocenters. The highest BCUT2D eigenvalue weighted by atomic mass is 32.2. The third kappa shape index (κ3) is 8.14. The van der Waals surface area contributed by atoms with Crippen molar-refractivity contribution in [1.29, 1.82) is 0 Å². The van der Waals surface area contributed by atoms with Crippen LogP contribution in [0.1, 0.15) is 34.6 Å². The molecule has 10 heteroatoms. The molecule has 0 aromatic carbocycles. The predicted octanol–water partition coefficient (Wildman–Crippen LogP) is 1.18. The summed E-state index contributed by atoms with van der Waals surface area (Å²) in [6, 6.07) is -1.03. The molecule has 0 saturated carbocycles. The number of nitrogens with one attached hydrogen (secondary N) is 1. The van der Waals surface area contributed by atoms with Gasteiger partial charge in [-0.05, 0) is 20.8 Å². The first-order valence-electron chi connectivity index (χ1n) is 7.42. The van der Waals surface area contributed by atoms with Gasteiger partial charge in [-0.1, -0.05) is 25.6 Å². The molecule has 1 atom stereocenters. The van der Waals surface area contributed by atoms with Crippen LogP contribution in [0, 0.1) is 21.4 Å². The maximum absolute atomic E-state index is 12.3. The summed E-state index contributed by atoms with van der Waals surface area (Å²) in [4.78, 5) is 50.4. The van der Waals surface area contributed by atoms with Crippen LogP contribution in [0.5, 0.6) is 0 Å². The third-order valence-electron chi connectivity index (χ3n) is 2.89. The Morgan fingerprint density at radius 3 is 2.33 bits per heavy atom. The zero-order valence-electron chi connectivity index (χ0n) is 14.5. The minimum atomic E-state index is -1.23. The maximum Gasteiger partial charge on any atom is 0.329 e. The van der Waals surface area contributed by atoms with Gasteiger partial charge in [0.25, 0.3) is 5.09 Å². The largest absolute Gasteiger partial charge is 0.464 e. The van der Waals surface area contributed by atoms with Gasteiger partial charge in [-0.2, -0.15) is 0 Å². The number of ether oxygens (including phenoxy) is 1. The van der Waals surface area contributed by atoms with Gasteiger partial charge in [0.15, 0.2) is 5.12 Å². The van der Waals surface area contributed by atoms with Crippen LogP contribution >= 0.6 is 11.8 Å². The molecule has 0 rings (SSSR count). The van der Waals surface area contributed by atoms with Crippen LogP contribution in [0.15, 0.2) is 0 Å². The van der Waals surface area contributed by atoms with Crippen molar-refractivity contribution in [1.82, 2.24) is 5.32 Å². The van der Waals surface area contributed by atoms with Crippen LogP contribution in [-0.2, 0) is 24.0 Å². The summed E-state index contributed by atoms with van der Waals surface area (Å²) in [5.74, 6) is -1.47. The Kier molecular flexibility index (Phi) is 9.34. The Bertz CT molecular complexity index is 480. The molecule has 1 N–H and O–H groups in total. The average molecular weight is 364 g/mol. The van der Waals surface area contributed by atoms with Crippen molar-refractivity contribution in [3.8, 4) is 0 Å². The van der Waals surface area contributed by atoms with E-state index in [1.807, 2.05) is 0 Å². The number of carbonyl (C=O) groups is 3. The Morgan fingerprint density at radius 1 is 1.29 bits per heavy atom. The summed E-state index contributed by atoms with van der Waals surface area (Å²) in [5.41, 5.74) is -1.23. The number of hydrogen-bond donors (Lipinski definition) is 1. The van der Waals surface area contributed by atoms with E-state index in [-0.39, 0.29) is 23.4 Å². The van der Waals surface area contributed by atoms with E-state index in [0.717, 1.165) is 11.8 Å². The SMILES string of the molecule is CCOC(=O)[C@H](CSC(=O)C(C)C)NC(=O)C(C)(C)CO[N+](=O)[O-]. The number of carbonyl (C=O) groups excluding carboxylic acids is 3. The number of thioether (sulfide) groups is 1. The molecule has 0 aliphatic rings.